The van der Waals surface area contributed by atoms with E-state index >= 15 is 0 Å². The molecule has 1 fully saturated rings. The van der Waals surface area contributed by atoms with Crippen LogP contribution in [0.15, 0.2) is 0 Å². The average molecular weight is 202 g/mol. The molecule has 3 atom stereocenters. The summed E-state index contributed by atoms with van der Waals surface area (Å²) in [5, 5.41) is 20.1. The zero-order valence-electron chi connectivity index (χ0n) is 8.15. The molecule has 5 nitrogen and oxygen atoms in total. The third kappa shape index (κ3) is 3.25. The highest BCUT2D eigenvalue weighted by Crippen LogP contribution is 2.23. The van der Waals surface area contributed by atoms with E-state index in [4.69, 9.17) is 15.9 Å². The van der Waals surface area contributed by atoms with Crippen LogP contribution < -0.4 is 11.1 Å². The zero-order chi connectivity index (χ0) is 10.6. The number of carbonyl (C=O) groups excluding carboxylic acids is 1. The van der Waals surface area contributed by atoms with E-state index in [1.165, 1.54) is 0 Å². The van der Waals surface area contributed by atoms with E-state index in [0.717, 1.165) is 19.3 Å². The van der Waals surface area contributed by atoms with E-state index < -0.39 is 6.10 Å². The monoisotopic (exact) mass is 202 g/mol. The fourth-order valence-corrected chi connectivity index (χ4v) is 1.68. The molecule has 0 heterocycles. The first-order valence-electron chi connectivity index (χ1n) is 4.95. The molecular weight excluding hydrogens is 184 g/mol. The molecule has 82 valence electrons. The largest absolute Gasteiger partial charge is 0.394 e. The van der Waals surface area contributed by atoms with Gasteiger partial charge in [0.2, 0.25) is 5.91 Å². The number of aliphatic hydroxyl groups is 2. The lowest BCUT2D eigenvalue weighted by Crippen LogP contribution is -2.37. The van der Waals surface area contributed by atoms with Crippen molar-refractivity contribution in [2.75, 3.05) is 13.2 Å². The van der Waals surface area contributed by atoms with Crippen LogP contribution >= 0.6 is 0 Å². The molecule has 1 amide bonds. The molecule has 0 aromatic heterocycles. The molecular formula is C9H18N2O3. The van der Waals surface area contributed by atoms with E-state index in [-0.39, 0.29) is 31.0 Å². The molecule has 5 N–H and O–H groups in total. The maximum Gasteiger partial charge on any atom is 0.223 e. The van der Waals surface area contributed by atoms with Crippen LogP contribution in [0.2, 0.25) is 0 Å². The topological polar surface area (TPSA) is 95.6 Å². The molecule has 3 unspecified atom stereocenters. The highest BCUT2D eigenvalue weighted by Gasteiger charge is 2.27. The van der Waals surface area contributed by atoms with Crippen molar-refractivity contribution in [1.82, 2.24) is 5.32 Å². The summed E-state index contributed by atoms with van der Waals surface area (Å²) < 4.78 is 0. The van der Waals surface area contributed by atoms with Crippen LogP contribution in [0.1, 0.15) is 19.3 Å². The van der Waals surface area contributed by atoms with E-state index in [1.807, 2.05) is 0 Å². The van der Waals surface area contributed by atoms with Gasteiger partial charge in [0.1, 0.15) is 0 Å². The summed E-state index contributed by atoms with van der Waals surface area (Å²) in [6, 6.07) is 0.133. The summed E-state index contributed by atoms with van der Waals surface area (Å²) >= 11 is 0. The first-order chi connectivity index (χ1) is 6.63. The third-order valence-corrected chi connectivity index (χ3v) is 2.57. The molecule has 0 bridgehead atoms. The normalized spacial score (nSPS) is 28.8. The summed E-state index contributed by atoms with van der Waals surface area (Å²) in [5.41, 5.74) is 5.68. The molecule has 0 spiro atoms. The lowest BCUT2D eigenvalue weighted by molar-refractivity contribution is -0.125. The van der Waals surface area contributed by atoms with Crippen LogP contribution in [0.25, 0.3) is 0 Å². The second-order valence-electron chi connectivity index (χ2n) is 3.85. The fourth-order valence-electron chi connectivity index (χ4n) is 1.68. The number of rotatable bonds is 4. The molecule has 1 aliphatic rings. The maximum atomic E-state index is 11.5. The lowest BCUT2D eigenvalue weighted by Gasteiger charge is -2.12. The third-order valence-electron chi connectivity index (χ3n) is 2.57. The molecule has 1 rings (SSSR count). The van der Waals surface area contributed by atoms with Crippen molar-refractivity contribution in [2.45, 2.75) is 31.4 Å². The van der Waals surface area contributed by atoms with Gasteiger partial charge in [0, 0.05) is 18.5 Å². The Morgan fingerprint density at radius 2 is 2.29 bits per heavy atom. The quantitative estimate of drug-likeness (QED) is 0.450. The molecule has 1 saturated carbocycles. The molecule has 14 heavy (non-hydrogen) atoms. The van der Waals surface area contributed by atoms with Crippen molar-refractivity contribution in [1.29, 1.82) is 0 Å². The molecule has 5 heteroatoms. The van der Waals surface area contributed by atoms with Crippen molar-refractivity contribution < 1.29 is 15.0 Å². The predicted molar refractivity (Wildman–Crippen MR) is 51.4 cm³/mol. The van der Waals surface area contributed by atoms with Crippen LogP contribution in [-0.2, 0) is 4.79 Å². The minimum Gasteiger partial charge on any atom is -0.394 e. The van der Waals surface area contributed by atoms with Gasteiger partial charge in [0.05, 0.1) is 12.7 Å². The Hall–Kier alpha value is -0.650. The Bertz CT molecular complexity index is 198. The van der Waals surface area contributed by atoms with E-state index in [1.54, 1.807) is 0 Å². The van der Waals surface area contributed by atoms with Crippen LogP contribution in [0.3, 0.4) is 0 Å². The van der Waals surface area contributed by atoms with E-state index in [0.29, 0.717) is 0 Å². The van der Waals surface area contributed by atoms with Gasteiger partial charge < -0.3 is 21.3 Å². The number of carbonyl (C=O) groups is 1. The van der Waals surface area contributed by atoms with Crippen molar-refractivity contribution >= 4 is 5.91 Å². The van der Waals surface area contributed by atoms with E-state index in [2.05, 4.69) is 5.32 Å². The molecule has 0 aromatic carbocycles. The minimum atomic E-state index is -0.867. The van der Waals surface area contributed by atoms with Crippen LogP contribution in [0.4, 0.5) is 0 Å². The molecule has 0 radical (unpaired) electrons. The van der Waals surface area contributed by atoms with Crippen molar-refractivity contribution in [3.8, 4) is 0 Å². The summed E-state index contributed by atoms with van der Waals surface area (Å²) in [6.45, 7) is -0.217. The smallest absolute Gasteiger partial charge is 0.223 e. The Balaban J connectivity index is 2.22. The average Bonchev–Trinajstić information content (AvgIpc) is 2.60. The van der Waals surface area contributed by atoms with Gasteiger partial charge in [0.15, 0.2) is 0 Å². The van der Waals surface area contributed by atoms with E-state index in [9.17, 15) is 4.79 Å². The highest BCUT2D eigenvalue weighted by atomic mass is 16.3. The Morgan fingerprint density at radius 3 is 2.79 bits per heavy atom. The Morgan fingerprint density at radius 1 is 1.57 bits per heavy atom. The summed E-state index contributed by atoms with van der Waals surface area (Å²) in [7, 11) is 0. The number of nitrogens with two attached hydrogens (primary N) is 1. The number of aliphatic hydroxyl groups excluding tert-OH is 2. The van der Waals surface area contributed by atoms with Gasteiger partial charge in [0.25, 0.3) is 0 Å². The van der Waals surface area contributed by atoms with Crippen LogP contribution in [-0.4, -0.2) is 41.4 Å². The van der Waals surface area contributed by atoms with Gasteiger partial charge in [-0.25, -0.2) is 0 Å². The Kier molecular flexibility index (Phi) is 4.31. The van der Waals surface area contributed by atoms with Gasteiger partial charge in [-0.05, 0) is 19.3 Å². The van der Waals surface area contributed by atoms with Crippen molar-refractivity contribution in [3.63, 3.8) is 0 Å². The number of hydrogen-bond donors (Lipinski definition) is 4. The van der Waals surface area contributed by atoms with Crippen molar-refractivity contribution in [3.05, 3.63) is 0 Å². The van der Waals surface area contributed by atoms with Crippen molar-refractivity contribution in [2.24, 2.45) is 11.7 Å². The number of hydrogen-bond acceptors (Lipinski definition) is 4. The van der Waals surface area contributed by atoms with Gasteiger partial charge in [-0.15, -0.1) is 0 Å². The van der Waals surface area contributed by atoms with Crippen LogP contribution in [0.5, 0.6) is 0 Å². The standard InChI is InChI=1S/C9H18N2O3/c10-7-2-1-6(3-7)9(14)11-4-8(13)5-12/h6-8,12-13H,1-5,10H2,(H,11,14). The second kappa shape index (κ2) is 5.29. The van der Waals surface area contributed by atoms with Crippen LogP contribution in [0, 0.1) is 5.92 Å². The summed E-state index contributed by atoms with van der Waals surface area (Å²) in [5.74, 6) is -0.0821. The van der Waals surface area contributed by atoms with Gasteiger partial charge in [-0.3, -0.25) is 4.79 Å². The second-order valence-corrected chi connectivity index (χ2v) is 3.85. The minimum absolute atomic E-state index is 0.0177. The molecule has 0 saturated heterocycles. The van der Waals surface area contributed by atoms with Gasteiger partial charge >= 0.3 is 0 Å². The maximum absolute atomic E-state index is 11.5. The summed E-state index contributed by atoms with van der Waals surface area (Å²) in [6.07, 6.45) is 1.57. The molecule has 1 aliphatic carbocycles. The lowest BCUT2D eigenvalue weighted by atomic mass is 10.1. The highest BCUT2D eigenvalue weighted by molar-refractivity contribution is 5.79. The summed E-state index contributed by atoms with van der Waals surface area (Å²) in [4.78, 5) is 11.5. The first-order valence-corrected chi connectivity index (χ1v) is 4.95. The predicted octanol–water partition coefficient (Wildman–Crippen LogP) is -1.42. The first kappa shape index (κ1) is 11.4. The molecule has 0 aliphatic heterocycles. The fraction of sp³-hybridized carbons (Fsp3) is 0.889. The van der Waals surface area contributed by atoms with Gasteiger partial charge in [-0.2, -0.15) is 0 Å². The SMILES string of the molecule is NC1CCC(C(=O)NCC(O)CO)C1. The van der Waals surface area contributed by atoms with Gasteiger partial charge in [-0.1, -0.05) is 0 Å². The Labute approximate surface area is 83.3 Å². The number of amides is 1. The molecule has 0 aromatic rings. The zero-order valence-corrected chi connectivity index (χ0v) is 8.15. The number of nitrogens with one attached hydrogen (secondary N) is 1.